The summed E-state index contributed by atoms with van der Waals surface area (Å²) in [6, 6.07) is 16.8. The number of furan rings is 1. The van der Waals surface area contributed by atoms with Gasteiger partial charge in [0.1, 0.15) is 11.5 Å². The molecule has 4 rings (SSSR count). The molecule has 8 heteroatoms. The highest BCUT2D eigenvalue weighted by Crippen LogP contribution is 2.26. The molecule has 0 aliphatic heterocycles. The number of H-pyrrole nitrogens is 1. The number of methoxy groups -OCH3 is 1. The van der Waals surface area contributed by atoms with Crippen molar-refractivity contribution >= 4 is 23.1 Å². The molecule has 0 fully saturated rings. The first-order valence-electron chi connectivity index (χ1n) is 8.64. The van der Waals surface area contributed by atoms with E-state index in [9.17, 15) is 14.4 Å². The van der Waals surface area contributed by atoms with E-state index < -0.39 is 17.2 Å². The molecule has 1 N–H and O–H groups in total. The first kappa shape index (κ1) is 18.2. The van der Waals surface area contributed by atoms with Crippen molar-refractivity contribution in [3.63, 3.8) is 0 Å². The van der Waals surface area contributed by atoms with Gasteiger partial charge in [0, 0.05) is 5.56 Å². The lowest BCUT2D eigenvalue weighted by Gasteiger charge is -2.04. The molecule has 0 amide bonds. The van der Waals surface area contributed by atoms with Crippen LogP contribution in [0.5, 0.6) is 0 Å². The van der Waals surface area contributed by atoms with Crippen LogP contribution in [-0.2, 0) is 4.74 Å². The number of aromatic nitrogens is 2. The molecule has 0 atom stereocenters. The van der Waals surface area contributed by atoms with E-state index in [4.69, 9.17) is 9.15 Å². The SMILES string of the molecule is COC(=O)c1ccccc1-c1ccc(C=Nn2c(=O)[nH]c3ccccc3c2=O)o1. The molecule has 0 aliphatic carbocycles. The summed E-state index contributed by atoms with van der Waals surface area (Å²) < 4.78 is 11.2. The van der Waals surface area contributed by atoms with Crippen LogP contribution in [-0.4, -0.2) is 29.0 Å². The Hall–Kier alpha value is -4.20. The predicted octanol–water partition coefficient (Wildman–Crippen LogP) is 2.62. The molecule has 0 saturated carbocycles. The number of para-hydroxylation sites is 1. The van der Waals surface area contributed by atoms with E-state index in [0.29, 0.717) is 33.6 Å². The number of nitrogens with zero attached hydrogens (tertiary/aromatic N) is 2. The van der Waals surface area contributed by atoms with Crippen LogP contribution >= 0.6 is 0 Å². The van der Waals surface area contributed by atoms with Crippen molar-refractivity contribution in [3.05, 3.63) is 92.8 Å². The Morgan fingerprint density at radius 1 is 1.07 bits per heavy atom. The van der Waals surface area contributed by atoms with E-state index in [0.717, 1.165) is 4.68 Å². The van der Waals surface area contributed by atoms with Crippen LogP contribution < -0.4 is 11.2 Å². The highest BCUT2D eigenvalue weighted by molar-refractivity contribution is 5.96. The highest BCUT2D eigenvalue weighted by Gasteiger charge is 2.15. The van der Waals surface area contributed by atoms with Crippen LogP contribution in [0.25, 0.3) is 22.2 Å². The van der Waals surface area contributed by atoms with Gasteiger partial charge in [-0.2, -0.15) is 5.10 Å². The van der Waals surface area contributed by atoms with Crippen molar-refractivity contribution in [1.29, 1.82) is 0 Å². The Bertz CT molecular complexity index is 1360. The molecule has 0 saturated heterocycles. The maximum atomic E-state index is 12.5. The van der Waals surface area contributed by atoms with Crippen molar-refractivity contribution < 1.29 is 13.9 Å². The molecule has 0 spiro atoms. The summed E-state index contributed by atoms with van der Waals surface area (Å²) in [5.41, 5.74) is 0.152. The molecule has 29 heavy (non-hydrogen) atoms. The van der Waals surface area contributed by atoms with Gasteiger partial charge in [0.05, 0.1) is 29.8 Å². The number of rotatable bonds is 4. The standard InChI is InChI=1S/C21H15N3O5/c1-28-20(26)15-7-3-2-6-14(15)18-11-10-13(29-18)12-22-24-19(25)16-8-4-5-9-17(16)23-21(24)27/h2-12H,1H3,(H,23,27). The van der Waals surface area contributed by atoms with Crippen LogP contribution in [0.2, 0.25) is 0 Å². The fourth-order valence-electron chi connectivity index (χ4n) is 2.93. The van der Waals surface area contributed by atoms with E-state index in [1.807, 2.05) is 0 Å². The largest absolute Gasteiger partial charge is 0.465 e. The summed E-state index contributed by atoms with van der Waals surface area (Å²) in [6.07, 6.45) is 1.26. The van der Waals surface area contributed by atoms with Crippen molar-refractivity contribution in [2.45, 2.75) is 0 Å². The topological polar surface area (TPSA) is 107 Å². The number of nitrogens with one attached hydrogen (secondary N) is 1. The zero-order valence-corrected chi connectivity index (χ0v) is 15.3. The molecule has 144 valence electrons. The highest BCUT2D eigenvalue weighted by atomic mass is 16.5. The molecule has 4 aromatic rings. The molecule has 0 bridgehead atoms. The number of carbonyl (C=O) groups is 1. The molecule has 0 aliphatic rings. The van der Waals surface area contributed by atoms with Crippen LogP contribution in [0.4, 0.5) is 0 Å². The zero-order chi connectivity index (χ0) is 20.4. The smallest absolute Gasteiger partial charge is 0.349 e. The summed E-state index contributed by atoms with van der Waals surface area (Å²) in [4.78, 5) is 39.2. The van der Waals surface area contributed by atoms with Gasteiger partial charge in [-0.1, -0.05) is 30.3 Å². The van der Waals surface area contributed by atoms with Crippen LogP contribution in [0, 0.1) is 0 Å². The number of hydrogen-bond donors (Lipinski definition) is 1. The van der Waals surface area contributed by atoms with E-state index >= 15 is 0 Å². The minimum atomic E-state index is -0.659. The molecule has 0 unspecified atom stereocenters. The van der Waals surface area contributed by atoms with Crippen molar-refractivity contribution in [2.75, 3.05) is 7.11 Å². The molecule has 8 nitrogen and oxygen atoms in total. The first-order valence-corrected chi connectivity index (χ1v) is 8.64. The maximum Gasteiger partial charge on any atom is 0.349 e. The third-order valence-corrected chi connectivity index (χ3v) is 4.31. The quantitative estimate of drug-likeness (QED) is 0.427. The second-order valence-corrected chi connectivity index (χ2v) is 6.08. The lowest BCUT2D eigenvalue weighted by Crippen LogP contribution is -2.32. The monoisotopic (exact) mass is 389 g/mol. The Labute approximate surface area is 163 Å². The number of carbonyl (C=O) groups excluding carboxylic acids is 1. The minimum absolute atomic E-state index is 0.305. The molecular weight excluding hydrogens is 374 g/mol. The zero-order valence-electron chi connectivity index (χ0n) is 15.3. The summed E-state index contributed by atoms with van der Waals surface area (Å²) in [7, 11) is 1.30. The van der Waals surface area contributed by atoms with Crippen LogP contribution in [0.15, 0.2) is 79.8 Å². The van der Waals surface area contributed by atoms with Crippen LogP contribution in [0.3, 0.4) is 0 Å². The number of esters is 1. The summed E-state index contributed by atoms with van der Waals surface area (Å²) in [6.45, 7) is 0. The van der Waals surface area contributed by atoms with E-state index in [-0.39, 0.29) is 0 Å². The van der Waals surface area contributed by atoms with Gasteiger partial charge in [-0.05, 0) is 30.3 Å². The van der Waals surface area contributed by atoms with Crippen LogP contribution in [0.1, 0.15) is 16.1 Å². The summed E-state index contributed by atoms with van der Waals surface area (Å²) in [5.74, 6) is 0.243. The number of aromatic amines is 1. The van der Waals surface area contributed by atoms with Gasteiger partial charge in [-0.15, -0.1) is 4.68 Å². The third-order valence-electron chi connectivity index (χ3n) is 4.31. The Morgan fingerprint density at radius 2 is 1.83 bits per heavy atom. The molecule has 2 aromatic heterocycles. The normalized spacial score (nSPS) is 11.2. The first-order chi connectivity index (χ1) is 14.1. The Morgan fingerprint density at radius 3 is 2.66 bits per heavy atom. The Balaban J connectivity index is 1.70. The molecular formula is C21H15N3O5. The van der Waals surface area contributed by atoms with Gasteiger partial charge >= 0.3 is 11.7 Å². The lowest BCUT2D eigenvalue weighted by atomic mass is 10.1. The number of fused-ring (bicyclic) bond motifs is 1. The minimum Gasteiger partial charge on any atom is -0.465 e. The average molecular weight is 389 g/mol. The number of benzene rings is 2. The second-order valence-electron chi connectivity index (χ2n) is 6.08. The van der Waals surface area contributed by atoms with E-state index in [1.54, 1.807) is 60.7 Å². The van der Waals surface area contributed by atoms with E-state index in [1.165, 1.54) is 13.3 Å². The molecule has 2 aromatic carbocycles. The fraction of sp³-hybridized carbons (Fsp3) is 0.0476. The molecule has 2 heterocycles. The maximum absolute atomic E-state index is 12.5. The Kier molecular flexibility index (Phi) is 4.66. The van der Waals surface area contributed by atoms with E-state index in [2.05, 4.69) is 10.1 Å². The van der Waals surface area contributed by atoms with Gasteiger partial charge in [-0.3, -0.25) is 4.79 Å². The van der Waals surface area contributed by atoms with Gasteiger partial charge < -0.3 is 14.1 Å². The third kappa shape index (κ3) is 3.39. The number of hydrogen-bond acceptors (Lipinski definition) is 6. The van der Waals surface area contributed by atoms with Gasteiger partial charge in [-0.25, -0.2) is 9.59 Å². The second kappa shape index (κ2) is 7.43. The summed E-state index contributed by atoms with van der Waals surface area (Å²) >= 11 is 0. The van der Waals surface area contributed by atoms with Crippen molar-refractivity contribution in [1.82, 2.24) is 9.66 Å². The van der Waals surface area contributed by atoms with Crippen molar-refractivity contribution in [2.24, 2.45) is 5.10 Å². The number of ether oxygens (including phenoxy) is 1. The van der Waals surface area contributed by atoms with Crippen molar-refractivity contribution in [3.8, 4) is 11.3 Å². The summed E-state index contributed by atoms with van der Waals surface area (Å²) in [5, 5.41) is 4.30. The predicted molar refractivity (Wildman–Crippen MR) is 107 cm³/mol. The lowest BCUT2D eigenvalue weighted by molar-refractivity contribution is 0.0601. The van der Waals surface area contributed by atoms with Gasteiger partial charge in [0.25, 0.3) is 5.56 Å². The average Bonchev–Trinajstić information content (AvgIpc) is 3.22. The van der Waals surface area contributed by atoms with Gasteiger partial charge in [0.2, 0.25) is 0 Å². The molecule has 0 radical (unpaired) electrons. The van der Waals surface area contributed by atoms with Gasteiger partial charge in [0.15, 0.2) is 0 Å². The fourth-order valence-corrected chi connectivity index (χ4v) is 2.93.